The maximum absolute atomic E-state index is 11.3. The first-order chi connectivity index (χ1) is 13.0. The smallest absolute Gasteiger partial charge is 0.305 e. The van der Waals surface area contributed by atoms with E-state index in [1.165, 1.54) is 18.2 Å². The molecule has 2 rings (SSSR count). The Labute approximate surface area is 164 Å². The van der Waals surface area contributed by atoms with Gasteiger partial charge in [0.25, 0.3) is 0 Å². The number of esters is 1. The number of ether oxygens (including phenoxy) is 1. The fourth-order valence-corrected chi connectivity index (χ4v) is 2.98. The topological polar surface area (TPSA) is 46.5 Å². The second-order valence-corrected chi connectivity index (χ2v) is 6.84. The van der Waals surface area contributed by atoms with E-state index in [0.29, 0.717) is 18.3 Å². The molecule has 3 nitrogen and oxygen atoms in total. The molecule has 0 spiro atoms. The molecule has 2 atom stereocenters. The molecule has 2 aromatic rings. The highest BCUT2D eigenvalue weighted by Crippen LogP contribution is 2.27. The van der Waals surface area contributed by atoms with Crippen molar-refractivity contribution >= 4 is 5.97 Å². The van der Waals surface area contributed by atoms with Crippen molar-refractivity contribution in [2.75, 3.05) is 7.11 Å². The standard InChI is InChI=1S/C22H28O3.C2H6/c1-16(14-22(24)25-3)4-5-17(2)19-10-12-21(13-11-19)20-8-6-18(15-23)7-9-20;1-2/h6-13,16-17,23H,4-5,14-15H2,1-3H3;1-2H3/t16-,17?;/m0./s1. The molecule has 3 heteroatoms. The van der Waals surface area contributed by atoms with E-state index in [2.05, 4.69) is 38.1 Å². The van der Waals surface area contributed by atoms with E-state index in [9.17, 15) is 4.79 Å². The lowest BCUT2D eigenvalue weighted by atomic mass is 9.90. The number of aliphatic hydroxyl groups is 1. The van der Waals surface area contributed by atoms with Crippen LogP contribution in [0.3, 0.4) is 0 Å². The zero-order chi connectivity index (χ0) is 20.2. The molecule has 2 aromatic carbocycles. The zero-order valence-corrected chi connectivity index (χ0v) is 17.4. The van der Waals surface area contributed by atoms with E-state index in [1.807, 2.05) is 38.1 Å². The summed E-state index contributed by atoms with van der Waals surface area (Å²) in [4.78, 5) is 11.3. The van der Waals surface area contributed by atoms with Gasteiger partial charge in [-0.2, -0.15) is 0 Å². The minimum Gasteiger partial charge on any atom is -0.469 e. The van der Waals surface area contributed by atoms with Crippen LogP contribution < -0.4 is 0 Å². The number of rotatable bonds is 8. The fourth-order valence-electron chi connectivity index (χ4n) is 2.98. The monoisotopic (exact) mass is 370 g/mol. The summed E-state index contributed by atoms with van der Waals surface area (Å²) < 4.78 is 4.73. The van der Waals surface area contributed by atoms with Crippen LogP contribution in [0.15, 0.2) is 48.5 Å². The van der Waals surface area contributed by atoms with Gasteiger partial charge in [-0.15, -0.1) is 0 Å². The molecule has 148 valence electrons. The average Bonchev–Trinajstić information content (AvgIpc) is 2.73. The van der Waals surface area contributed by atoms with Gasteiger partial charge in [0.15, 0.2) is 0 Å². The predicted octanol–water partition coefficient (Wildman–Crippen LogP) is 5.96. The minimum atomic E-state index is -0.128. The number of methoxy groups -OCH3 is 1. The van der Waals surface area contributed by atoms with Crippen LogP contribution in [0.2, 0.25) is 0 Å². The lowest BCUT2D eigenvalue weighted by Gasteiger charge is -2.16. The van der Waals surface area contributed by atoms with Crippen LogP contribution in [-0.2, 0) is 16.1 Å². The van der Waals surface area contributed by atoms with Crippen LogP contribution in [0.25, 0.3) is 11.1 Å². The van der Waals surface area contributed by atoms with Crippen LogP contribution in [0, 0.1) is 5.92 Å². The predicted molar refractivity (Wildman–Crippen MR) is 113 cm³/mol. The van der Waals surface area contributed by atoms with Crippen molar-refractivity contribution in [1.29, 1.82) is 0 Å². The number of hydrogen-bond donors (Lipinski definition) is 1. The summed E-state index contributed by atoms with van der Waals surface area (Å²) >= 11 is 0. The van der Waals surface area contributed by atoms with Gasteiger partial charge in [-0.1, -0.05) is 76.2 Å². The number of benzene rings is 2. The van der Waals surface area contributed by atoms with Crippen LogP contribution in [0.5, 0.6) is 0 Å². The van der Waals surface area contributed by atoms with Crippen molar-refractivity contribution in [3.8, 4) is 11.1 Å². The molecule has 0 fully saturated rings. The highest BCUT2D eigenvalue weighted by Gasteiger charge is 2.12. The molecule has 27 heavy (non-hydrogen) atoms. The normalized spacial score (nSPS) is 12.5. The maximum atomic E-state index is 11.3. The highest BCUT2D eigenvalue weighted by molar-refractivity contribution is 5.69. The summed E-state index contributed by atoms with van der Waals surface area (Å²) in [6.45, 7) is 8.41. The molecule has 0 aliphatic heterocycles. The Hall–Kier alpha value is -2.13. The van der Waals surface area contributed by atoms with Crippen molar-refractivity contribution in [2.24, 2.45) is 5.92 Å². The van der Waals surface area contributed by atoms with Gasteiger partial charge in [-0.25, -0.2) is 0 Å². The van der Waals surface area contributed by atoms with Crippen molar-refractivity contribution in [2.45, 2.75) is 59.5 Å². The molecule has 0 saturated carbocycles. The van der Waals surface area contributed by atoms with Gasteiger partial charge in [0, 0.05) is 6.42 Å². The van der Waals surface area contributed by atoms with Crippen molar-refractivity contribution in [3.05, 3.63) is 59.7 Å². The third kappa shape index (κ3) is 7.56. The lowest BCUT2D eigenvalue weighted by Crippen LogP contribution is -2.08. The van der Waals surface area contributed by atoms with E-state index >= 15 is 0 Å². The molecule has 0 aromatic heterocycles. The molecule has 0 saturated heterocycles. The Kier molecular flexibility index (Phi) is 10.4. The van der Waals surface area contributed by atoms with Crippen LogP contribution in [0.4, 0.5) is 0 Å². The Morgan fingerprint density at radius 3 is 1.93 bits per heavy atom. The molecule has 0 heterocycles. The number of carbonyl (C=O) groups is 1. The number of hydrogen-bond acceptors (Lipinski definition) is 3. The van der Waals surface area contributed by atoms with E-state index in [0.717, 1.165) is 24.0 Å². The molecule has 0 bridgehead atoms. The average molecular weight is 371 g/mol. The Balaban J connectivity index is 0.00000176. The van der Waals surface area contributed by atoms with E-state index in [4.69, 9.17) is 9.84 Å². The lowest BCUT2D eigenvalue weighted by molar-refractivity contribution is -0.141. The van der Waals surface area contributed by atoms with Gasteiger partial charge in [-0.05, 0) is 46.9 Å². The highest BCUT2D eigenvalue weighted by atomic mass is 16.5. The molecule has 1 unspecified atom stereocenters. The van der Waals surface area contributed by atoms with Crippen LogP contribution in [0.1, 0.15) is 64.0 Å². The molecule has 0 amide bonds. The first-order valence-electron chi connectivity index (χ1n) is 9.90. The van der Waals surface area contributed by atoms with Gasteiger partial charge in [0.2, 0.25) is 0 Å². The zero-order valence-electron chi connectivity index (χ0n) is 17.4. The van der Waals surface area contributed by atoms with Crippen LogP contribution in [-0.4, -0.2) is 18.2 Å². The van der Waals surface area contributed by atoms with E-state index < -0.39 is 0 Å². The Morgan fingerprint density at radius 2 is 1.44 bits per heavy atom. The third-order valence-corrected chi connectivity index (χ3v) is 4.78. The summed E-state index contributed by atoms with van der Waals surface area (Å²) in [5, 5.41) is 9.12. The van der Waals surface area contributed by atoms with Gasteiger partial charge >= 0.3 is 5.97 Å². The number of carbonyl (C=O) groups excluding carboxylic acids is 1. The van der Waals surface area contributed by atoms with Gasteiger partial charge in [0.05, 0.1) is 13.7 Å². The summed E-state index contributed by atoms with van der Waals surface area (Å²) in [5.74, 6) is 0.682. The Bertz CT molecular complexity index is 659. The summed E-state index contributed by atoms with van der Waals surface area (Å²) in [7, 11) is 1.44. The SMILES string of the molecule is CC.COC(=O)C[C@@H](C)CCC(C)c1ccc(-c2ccc(CO)cc2)cc1. The van der Waals surface area contributed by atoms with Crippen molar-refractivity contribution < 1.29 is 14.6 Å². The third-order valence-electron chi connectivity index (χ3n) is 4.78. The van der Waals surface area contributed by atoms with E-state index in [1.54, 1.807) is 0 Å². The number of aliphatic hydroxyl groups excluding tert-OH is 1. The molecule has 0 aliphatic rings. The maximum Gasteiger partial charge on any atom is 0.305 e. The minimum absolute atomic E-state index is 0.0745. The molecule has 1 N–H and O–H groups in total. The second-order valence-electron chi connectivity index (χ2n) is 6.84. The second kappa shape index (κ2) is 12.3. The van der Waals surface area contributed by atoms with Crippen molar-refractivity contribution in [1.82, 2.24) is 0 Å². The van der Waals surface area contributed by atoms with Gasteiger partial charge in [0.1, 0.15) is 0 Å². The summed E-state index contributed by atoms with van der Waals surface area (Å²) in [6.07, 6.45) is 2.56. The van der Waals surface area contributed by atoms with Crippen molar-refractivity contribution in [3.63, 3.8) is 0 Å². The largest absolute Gasteiger partial charge is 0.469 e. The van der Waals surface area contributed by atoms with E-state index in [-0.39, 0.29) is 12.6 Å². The first kappa shape index (κ1) is 22.9. The van der Waals surface area contributed by atoms with Gasteiger partial charge in [-0.3, -0.25) is 4.79 Å². The van der Waals surface area contributed by atoms with Gasteiger partial charge < -0.3 is 9.84 Å². The Morgan fingerprint density at radius 1 is 0.926 bits per heavy atom. The molecular formula is C24H34O3. The quantitative estimate of drug-likeness (QED) is 0.584. The fraction of sp³-hybridized carbons (Fsp3) is 0.458. The summed E-state index contributed by atoms with van der Waals surface area (Å²) in [6, 6.07) is 16.7. The molecule has 0 radical (unpaired) electrons. The summed E-state index contributed by atoms with van der Waals surface area (Å²) in [5.41, 5.74) is 4.58. The molecule has 0 aliphatic carbocycles. The first-order valence-corrected chi connectivity index (χ1v) is 9.90. The van der Waals surface area contributed by atoms with Crippen LogP contribution >= 0.6 is 0 Å². The molecular weight excluding hydrogens is 336 g/mol.